The second-order valence-electron chi connectivity index (χ2n) is 7.09. The number of nitrogens with zero attached hydrogens (tertiary/aromatic N) is 2. The van der Waals surface area contributed by atoms with Crippen LogP contribution in [0.15, 0.2) is 18.2 Å². The Labute approximate surface area is 162 Å². The molecule has 1 heterocycles. The van der Waals surface area contributed by atoms with Gasteiger partial charge in [-0.1, -0.05) is 6.92 Å². The minimum absolute atomic E-state index is 0.0474. The molecule has 152 valence electrons. The van der Waals surface area contributed by atoms with Gasteiger partial charge >= 0.3 is 0 Å². The lowest BCUT2D eigenvalue weighted by molar-refractivity contribution is -0.132. The number of halogens is 1. The first-order valence-electron chi connectivity index (χ1n) is 9.42. The molecule has 0 aromatic heterocycles. The maximum absolute atomic E-state index is 14.5. The van der Waals surface area contributed by atoms with Crippen molar-refractivity contribution in [1.82, 2.24) is 4.90 Å². The zero-order valence-corrected chi connectivity index (χ0v) is 15.8. The number of ether oxygens (including phenoxy) is 1. The summed E-state index contributed by atoms with van der Waals surface area (Å²) in [7, 11) is 0. The number of amides is 3. The van der Waals surface area contributed by atoms with Gasteiger partial charge in [0.25, 0.3) is 11.8 Å². The molecule has 2 aliphatic rings. The molecule has 1 aromatic carbocycles. The van der Waals surface area contributed by atoms with Crippen LogP contribution in [0, 0.1) is 11.7 Å². The van der Waals surface area contributed by atoms with Crippen molar-refractivity contribution in [3.8, 4) is 0 Å². The Hall–Kier alpha value is -2.52. The summed E-state index contributed by atoms with van der Waals surface area (Å²) in [6, 6.07) is 2.94. The largest absolute Gasteiger partial charge is 0.370 e. The van der Waals surface area contributed by atoms with E-state index in [2.05, 4.69) is 5.32 Å². The van der Waals surface area contributed by atoms with Crippen LogP contribution in [0.2, 0.25) is 0 Å². The van der Waals surface area contributed by atoms with Crippen molar-refractivity contribution in [1.29, 1.82) is 0 Å². The van der Waals surface area contributed by atoms with Gasteiger partial charge in [0.05, 0.1) is 12.3 Å². The highest BCUT2D eigenvalue weighted by molar-refractivity contribution is 6.09. The topological polar surface area (TPSA) is 105 Å². The molecular formula is C19H25FN4O4. The molecule has 28 heavy (non-hydrogen) atoms. The van der Waals surface area contributed by atoms with Gasteiger partial charge in [-0.15, -0.1) is 0 Å². The molecule has 0 radical (unpaired) electrons. The number of hydrogen-bond donors (Lipinski definition) is 2. The summed E-state index contributed by atoms with van der Waals surface area (Å²) in [4.78, 5) is 39.6. The van der Waals surface area contributed by atoms with Crippen LogP contribution >= 0.6 is 0 Å². The number of anilines is 2. The van der Waals surface area contributed by atoms with Gasteiger partial charge < -0.3 is 20.7 Å². The quantitative estimate of drug-likeness (QED) is 0.634. The van der Waals surface area contributed by atoms with E-state index >= 15 is 0 Å². The number of likely N-dealkylation sites (N-methyl/N-ethyl adjacent to an activating group) is 1. The van der Waals surface area contributed by atoms with Crippen LogP contribution in [0.3, 0.4) is 0 Å². The molecule has 3 N–H and O–H groups in total. The van der Waals surface area contributed by atoms with Gasteiger partial charge in [0, 0.05) is 18.8 Å². The summed E-state index contributed by atoms with van der Waals surface area (Å²) in [6.45, 7) is 3.60. The number of rotatable bonds is 8. The Balaban J connectivity index is 1.72. The van der Waals surface area contributed by atoms with Crippen molar-refractivity contribution in [2.24, 2.45) is 11.7 Å². The van der Waals surface area contributed by atoms with E-state index in [0.29, 0.717) is 37.8 Å². The van der Waals surface area contributed by atoms with Crippen LogP contribution in [0.1, 0.15) is 19.8 Å². The molecule has 0 unspecified atom stereocenters. The zero-order valence-electron chi connectivity index (χ0n) is 15.8. The van der Waals surface area contributed by atoms with E-state index in [4.69, 9.17) is 10.5 Å². The predicted molar refractivity (Wildman–Crippen MR) is 101 cm³/mol. The molecule has 1 aliphatic carbocycles. The Morgan fingerprint density at radius 1 is 1.43 bits per heavy atom. The van der Waals surface area contributed by atoms with Crippen LogP contribution < -0.4 is 16.0 Å². The van der Waals surface area contributed by atoms with Gasteiger partial charge in [-0.25, -0.2) is 4.39 Å². The monoisotopic (exact) mass is 392 g/mol. The first kappa shape index (κ1) is 20.2. The van der Waals surface area contributed by atoms with E-state index < -0.39 is 23.7 Å². The second-order valence-corrected chi connectivity index (χ2v) is 7.09. The van der Waals surface area contributed by atoms with E-state index in [-0.39, 0.29) is 18.2 Å². The van der Waals surface area contributed by atoms with Gasteiger partial charge in [-0.3, -0.25) is 19.3 Å². The fourth-order valence-corrected chi connectivity index (χ4v) is 3.29. The fourth-order valence-electron chi connectivity index (χ4n) is 3.29. The molecule has 8 nitrogen and oxygen atoms in total. The highest BCUT2D eigenvalue weighted by Crippen LogP contribution is 2.30. The number of primary amides is 1. The number of hydrogen-bond acceptors (Lipinski definition) is 5. The Kier molecular flexibility index (Phi) is 6.25. The Morgan fingerprint density at radius 3 is 2.75 bits per heavy atom. The molecule has 1 atom stereocenters. The summed E-state index contributed by atoms with van der Waals surface area (Å²) >= 11 is 0. The SMILES string of the molecule is CCN(CC1CC1)[C@@H](C(N)=O)C(=O)Nc1ccc(N2CCOCC2=O)cc1F. The summed E-state index contributed by atoms with van der Waals surface area (Å²) in [5.74, 6) is -1.91. The molecule has 0 spiro atoms. The van der Waals surface area contributed by atoms with Gasteiger partial charge in [-0.05, 0) is 43.5 Å². The van der Waals surface area contributed by atoms with E-state index in [0.717, 1.165) is 12.8 Å². The first-order chi connectivity index (χ1) is 13.4. The van der Waals surface area contributed by atoms with Crippen LogP contribution in [-0.2, 0) is 19.1 Å². The van der Waals surface area contributed by atoms with Crippen LogP contribution in [0.4, 0.5) is 15.8 Å². The van der Waals surface area contributed by atoms with Gasteiger partial charge in [0.2, 0.25) is 5.91 Å². The van der Waals surface area contributed by atoms with E-state index in [9.17, 15) is 18.8 Å². The molecule has 3 rings (SSSR count). The third-order valence-electron chi connectivity index (χ3n) is 4.99. The van der Waals surface area contributed by atoms with E-state index in [1.807, 2.05) is 6.92 Å². The average molecular weight is 392 g/mol. The summed E-state index contributed by atoms with van der Waals surface area (Å²) in [6.07, 6.45) is 2.14. The standard InChI is InChI=1S/C19H25FN4O4/c1-2-23(10-12-3-4-12)17(18(21)26)19(27)22-15-6-5-13(9-14(15)20)24-7-8-28-11-16(24)25/h5-6,9,12,17H,2-4,7-8,10-11H2,1H3,(H2,21,26)(H,22,27)/t17-/m0/s1. The highest BCUT2D eigenvalue weighted by atomic mass is 19.1. The van der Waals surface area contributed by atoms with Gasteiger partial charge in [-0.2, -0.15) is 0 Å². The smallest absolute Gasteiger partial charge is 0.253 e. The van der Waals surface area contributed by atoms with Crippen LogP contribution in [0.5, 0.6) is 0 Å². The molecule has 2 fully saturated rings. The molecule has 1 aliphatic heterocycles. The number of benzene rings is 1. The Bertz CT molecular complexity index is 768. The molecule has 1 aromatic rings. The van der Waals surface area contributed by atoms with Crippen molar-refractivity contribution in [3.63, 3.8) is 0 Å². The lowest BCUT2D eigenvalue weighted by atomic mass is 10.1. The number of nitrogens with one attached hydrogen (secondary N) is 1. The second kappa shape index (κ2) is 8.66. The van der Waals surface area contributed by atoms with E-state index in [1.165, 1.54) is 17.0 Å². The van der Waals surface area contributed by atoms with Crippen molar-refractivity contribution >= 4 is 29.1 Å². The Morgan fingerprint density at radius 2 is 2.18 bits per heavy atom. The molecule has 1 saturated carbocycles. The number of morpholine rings is 1. The minimum Gasteiger partial charge on any atom is -0.370 e. The predicted octanol–water partition coefficient (Wildman–Crippen LogP) is 0.713. The van der Waals surface area contributed by atoms with Crippen LogP contribution in [-0.4, -0.2) is 61.5 Å². The maximum Gasteiger partial charge on any atom is 0.253 e. The number of carbonyl (C=O) groups excluding carboxylic acids is 3. The van der Waals surface area contributed by atoms with Gasteiger partial charge in [0.1, 0.15) is 12.4 Å². The summed E-state index contributed by atoms with van der Waals surface area (Å²) in [5.41, 5.74) is 5.77. The van der Waals surface area contributed by atoms with Crippen molar-refractivity contribution in [3.05, 3.63) is 24.0 Å². The summed E-state index contributed by atoms with van der Waals surface area (Å²) in [5, 5.41) is 2.46. The van der Waals surface area contributed by atoms with E-state index in [1.54, 1.807) is 11.0 Å². The molecule has 1 saturated heterocycles. The van der Waals surface area contributed by atoms with Gasteiger partial charge in [0.15, 0.2) is 6.04 Å². The number of nitrogens with two attached hydrogens (primary N) is 1. The zero-order chi connectivity index (χ0) is 20.3. The third kappa shape index (κ3) is 4.66. The van der Waals surface area contributed by atoms with Crippen LogP contribution in [0.25, 0.3) is 0 Å². The first-order valence-corrected chi connectivity index (χ1v) is 9.42. The van der Waals surface area contributed by atoms with Crippen molar-refractivity contribution in [2.45, 2.75) is 25.8 Å². The number of carbonyl (C=O) groups is 3. The summed E-state index contributed by atoms with van der Waals surface area (Å²) < 4.78 is 19.6. The lowest BCUT2D eigenvalue weighted by Gasteiger charge is -2.28. The highest BCUT2D eigenvalue weighted by Gasteiger charge is 2.34. The lowest BCUT2D eigenvalue weighted by Crippen LogP contribution is -2.52. The third-order valence-corrected chi connectivity index (χ3v) is 4.99. The normalized spacial score (nSPS) is 18.2. The average Bonchev–Trinajstić information content (AvgIpc) is 3.47. The molecule has 0 bridgehead atoms. The van der Waals surface area contributed by atoms with Crippen molar-refractivity contribution in [2.75, 3.05) is 43.1 Å². The fraction of sp³-hybridized carbons (Fsp3) is 0.526. The maximum atomic E-state index is 14.5. The van der Waals surface area contributed by atoms with Crippen molar-refractivity contribution < 1.29 is 23.5 Å². The minimum atomic E-state index is -1.16. The molecule has 9 heteroatoms. The molecule has 3 amide bonds. The molecular weight excluding hydrogens is 367 g/mol.